The molecule has 6 nitrogen and oxygen atoms in total. The minimum Gasteiger partial charge on any atom is -0.462 e. The van der Waals surface area contributed by atoms with Gasteiger partial charge in [-0.3, -0.25) is 14.4 Å². The van der Waals surface area contributed by atoms with Crippen LogP contribution < -0.4 is 0 Å². The topological polar surface area (TPSA) is 78.9 Å². The Labute approximate surface area is 475 Å². The Balaban J connectivity index is 4.42. The summed E-state index contributed by atoms with van der Waals surface area (Å²) < 4.78 is 16.8. The maximum Gasteiger partial charge on any atom is 0.309 e. The molecular weight excluding hydrogens is 949 g/mol. The second-order valence-electron chi connectivity index (χ2n) is 20.6. The van der Waals surface area contributed by atoms with Gasteiger partial charge in [-0.1, -0.05) is 276 Å². The molecule has 0 bridgehead atoms. The van der Waals surface area contributed by atoms with Crippen LogP contribution in [0.1, 0.15) is 278 Å². The van der Waals surface area contributed by atoms with Crippen molar-refractivity contribution in [3.63, 3.8) is 0 Å². The molecule has 0 saturated carbocycles. The van der Waals surface area contributed by atoms with Crippen molar-refractivity contribution in [3.8, 4) is 0 Å². The summed E-state index contributed by atoms with van der Waals surface area (Å²) in [5.74, 6) is -1.05. The number of esters is 3. The monoisotopic (exact) mass is 1060 g/mol. The Bertz CT molecular complexity index is 1650. The van der Waals surface area contributed by atoms with Gasteiger partial charge < -0.3 is 14.2 Å². The van der Waals surface area contributed by atoms with Gasteiger partial charge in [0.25, 0.3) is 0 Å². The summed E-state index contributed by atoms with van der Waals surface area (Å²) in [6.45, 7) is 6.31. The molecule has 0 spiro atoms. The van der Waals surface area contributed by atoms with E-state index in [9.17, 15) is 14.4 Å². The van der Waals surface area contributed by atoms with Crippen molar-refractivity contribution < 1.29 is 28.6 Å². The Morgan fingerprint density at radius 2 is 0.558 bits per heavy atom. The first-order chi connectivity index (χ1) is 38.0. The lowest BCUT2D eigenvalue weighted by Crippen LogP contribution is -2.30. The van der Waals surface area contributed by atoms with Gasteiger partial charge in [0.05, 0.1) is 6.42 Å². The van der Waals surface area contributed by atoms with E-state index in [2.05, 4.69) is 142 Å². The maximum absolute atomic E-state index is 12.9. The molecule has 0 fully saturated rings. The second-order valence-corrected chi connectivity index (χ2v) is 20.6. The van der Waals surface area contributed by atoms with E-state index in [1.54, 1.807) is 6.08 Å². The molecule has 0 N–H and O–H groups in total. The van der Waals surface area contributed by atoms with Crippen LogP contribution in [0.2, 0.25) is 0 Å². The second kappa shape index (κ2) is 64.1. The average Bonchev–Trinajstić information content (AvgIpc) is 3.43. The molecule has 6 heteroatoms. The molecule has 1 atom stereocenters. The van der Waals surface area contributed by atoms with Crippen LogP contribution in [-0.2, 0) is 28.6 Å². The largest absolute Gasteiger partial charge is 0.462 e. The van der Waals surface area contributed by atoms with Gasteiger partial charge in [0.2, 0.25) is 0 Å². The Morgan fingerprint density at radius 1 is 0.286 bits per heavy atom. The van der Waals surface area contributed by atoms with Crippen molar-refractivity contribution >= 4 is 17.9 Å². The first-order valence-electron chi connectivity index (χ1n) is 31.7. The predicted molar refractivity (Wildman–Crippen MR) is 334 cm³/mol. The molecule has 436 valence electrons. The van der Waals surface area contributed by atoms with Crippen LogP contribution in [0.15, 0.2) is 134 Å². The summed E-state index contributed by atoms with van der Waals surface area (Å²) in [6.07, 6.45) is 90.5. The fraction of sp³-hybridized carbons (Fsp3) is 0.648. The molecule has 0 heterocycles. The Hall–Kier alpha value is -4.45. The highest BCUT2D eigenvalue weighted by atomic mass is 16.6. The van der Waals surface area contributed by atoms with Crippen LogP contribution in [0.25, 0.3) is 0 Å². The van der Waals surface area contributed by atoms with Gasteiger partial charge in [-0.25, -0.2) is 0 Å². The number of hydrogen-bond acceptors (Lipinski definition) is 6. The van der Waals surface area contributed by atoms with E-state index in [1.165, 1.54) is 135 Å². The lowest BCUT2D eigenvalue weighted by molar-refractivity contribution is -0.166. The van der Waals surface area contributed by atoms with Crippen LogP contribution in [0.4, 0.5) is 0 Å². The smallest absolute Gasteiger partial charge is 0.309 e. The van der Waals surface area contributed by atoms with Crippen molar-refractivity contribution in [3.05, 3.63) is 134 Å². The van der Waals surface area contributed by atoms with Crippen molar-refractivity contribution in [1.82, 2.24) is 0 Å². The lowest BCUT2D eigenvalue weighted by Gasteiger charge is -2.18. The van der Waals surface area contributed by atoms with E-state index >= 15 is 0 Å². The highest BCUT2D eigenvalue weighted by molar-refractivity contribution is 5.72. The zero-order valence-corrected chi connectivity index (χ0v) is 49.9. The van der Waals surface area contributed by atoms with Gasteiger partial charge in [-0.2, -0.15) is 0 Å². The first kappa shape index (κ1) is 72.5. The molecule has 0 rings (SSSR count). The SMILES string of the molecule is CC/C=C\C/C=C\C/C=C\C/C=C\C/C=C\CC(=O)OCC(COC(=O)CCCCCCCCCCCCCC/C=C\C/C=C\C/C=C\C/C=C\CC)OC(=O)CCCCCCCCCCC/C=C\C/C=C\CCCCC. The summed E-state index contributed by atoms with van der Waals surface area (Å²) in [5.41, 5.74) is 0. The van der Waals surface area contributed by atoms with E-state index in [-0.39, 0.29) is 31.6 Å². The molecule has 0 aromatic heterocycles. The number of carbonyl (C=O) groups is 3. The number of carbonyl (C=O) groups excluding carboxylic acids is 3. The zero-order chi connectivity index (χ0) is 55.7. The molecule has 0 aliphatic heterocycles. The van der Waals surface area contributed by atoms with Crippen molar-refractivity contribution in [1.29, 1.82) is 0 Å². The Kier molecular flexibility index (Phi) is 60.4. The first-order valence-corrected chi connectivity index (χ1v) is 31.7. The molecule has 0 radical (unpaired) electrons. The van der Waals surface area contributed by atoms with Gasteiger partial charge in [0.1, 0.15) is 13.2 Å². The summed E-state index contributed by atoms with van der Waals surface area (Å²) >= 11 is 0. The van der Waals surface area contributed by atoms with Gasteiger partial charge in [0.15, 0.2) is 6.10 Å². The predicted octanol–water partition coefficient (Wildman–Crippen LogP) is 21.8. The van der Waals surface area contributed by atoms with E-state index in [0.717, 1.165) is 103 Å². The van der Waals surface area contributed by atoms with E-state index in [0.29, 0.717) is 12.8 Å². The van der Waals surface area contributed by atoms with Gasteiger partial charge >= 0.3 is 17.9 Å². The van der Waals surface area contributed by atoms with E-state index in [4.69, 9.17) is 14.2 Å². The standard InChI is InChI=1S/C71H116O6/c1-4-7-10-13-16-19-22-25-28-30-32-33-34-35-36-37-39-40-43-46-49-52-55-58-61-64-70(73)76-67-68(66-75-69(72)63-60-57-54-51-48-45-42-27-24-21-18-15-12-9-6-3)77-71(74)65-62-59-56-53-50-47-44-41-38-31-29-26-23-20-17-14-11-8-5-2/h7,9-10,12,16-21,25-29,32-33,42,48,51,57,60,68H,4-6,8,11,13-15,22-24,30-31,34-41,43-47,49-50,52-56,58-59,61-67H2,1-3H3/b10-7-,12-9-,19-16-,20-17-,21-18-,28-25-,29-26-,33-32-,42-27-,51-48-,60-57-. The number of unbranched alkanes of at least 4 members (excludes halogenated alkanes) is 24. The van der Waals surface area contributed by atoms with Crippen molar-refractivity contribution in [2.45, 2.75) is 284 Å². The number of rotatable bonds is 56. The number of hydrogen-bond donors (Lipinski definition) is 0. The van der Waals surface area contributed by atoms with E-state index in [1.807, 2.05) is 6.08 Å². The summed E-state index contributed by atoms with van der Waals surface area (Å²) in [4.78, 5) is 38.3. The number of allylic oxidation sites excluding steroid dienone is 21. The zero-order valence-electron chi connectivity index (χ0n) is 49.9. The highest BCUT2D eigenvalue weighted by Gasteiger charge is 2.19. The third kappa shape index (κ3) is 62.3. The van der Waals surface area contributed by atoms with Gasteiger partial charge in [-0.15, -0.1) is 0 Å². The average molecular weight is 1070 g/mol. The minimum atomic E-state index is -0.826. The fourth-order valence-corrected chi connectivity index (χ4v) is 8.48. The highest BCUT2D eigenvalue weighted by Crippen LogP contribution is 2.16. The van der Waals surface area contributed by atoms with Crippen LogP contribution >= 0.6 is 0 Å². The van der Waals surface area contributed by atoms with Gasteiger partial charge in [-0.05, 0) is 116 Å². The van der Waals surface area contributed by atoms with Crippen LogP contribution in [0.3, 0.4) is 0 Å². The normalized spacial score (nSPS) is 13.0. The van der Waals surface area contributed by atoms with Gasteiger partial charge in [0, 0.05) is 12.8 Å². The molecule has 0 aromatic rings. The molecule has 0 aliphatic carbocycles. The van der Waals surface area contributed by atoms with Crippen molar-refractivity contribution in [2.24, 2.45) is 0 Å². The third-order valence-electron chi connectivity index (χ3n) is 13.2. The molecular formula is C71H116O6. The molecule has 0 aliphatic rings. The lowest BCUT2D eigenvalue weighted by atomic mass is 10.0. The van der Waals surface area contributed by atoms with E-state index < -0.39 is 12.1 Å². The van der Waals surface area contributed by atoms with Crippen LogP contribution in [0, 0.1) is 0 Å². The van der Waals surface area contributed by atoms with Crippen LogP contribution in [-0.4, -0.2) is 37.2 Å². The summed E-state index contributed by atoms with van der Waals surface area (Å²) in [6, 6.07) is 0. The van der Waals surface area contributed by atoms with Crippen molar-refractivity contribution in [2.75, 3.05) is 13.2 Å². The summed E-state index contributed by atoms with van der Waals surface area (Å²) in [5, 5.41) is 0. The fourth-order valence-electron chi connectivity index (χ4n) is 8.48. The molecule has 0 saturated heterocycles. The summed E-state index contributed by atoms with van der Waals surface area (Å²) in [7, 11) is 0. The maximum atomic E-state index is 12.9. The molecule has 77 heavy (non-hydrogen) atoms. The third-order valence-corrected chi connectivity index (χ3v) is 13.2. The Morgan fingerprint density at radius 3 is 0.909 bits per heavy atom. The quantitative estimate of drug-likeness (QED) is 0.0261. The molecule has 1 unspecified atom stereocenters. The number of ether oxygens (including phenoxy) is 3. The van der Waals surface area contributed by atoms with Crippen LogP contribution in [0.5, 0.6) is 0 Å². The minimum absolute atomic E-state index is 0.113. The molecule has 0 aromatic carbocycles. The molecule has 0 amide bonds.